The van der Waals surface area contributed by atoms with Crippen molar-refractivity contribution in [3.05, 3.63) is 59.7 Å². The number of pyridine rings is 1. The molecule has 3 N–H and O–H groups in total. The van der Waals surface area contributed by atoms with Crippen LogP contribution in [0.3, 0.4) is 0 Å². The standard InChI is InChI=1S/C16H14N4/c17-8-7-16-19-14-6-5-12(10-15(14)20-16)3-4-13-2-1-9-18-11-13/h1-2,5-6,9-11H,7-8,17H2,(H,19,20). The van der Waals surface area contributed by atoms with Gasteiger partial charge in [0.2, 0.25) is 0 Å². The van der Waals surface area contributed by atoms with Crippen molar-refractivity contribution in [2.75, 3.05) is 6.54 Å². The van der Waals surface area contributed by atoms with Crippen LogP contribution in [0.5, 0.6) is 0 Å². The van der Waals surface area contributed by atoms with Crippen molar-refractivity contribution in [3.8, 4) is 11.8 Å². The lowest BCUT2D eigenvalue weighted by Crippen LogP contribution is -2.03. The summed E-state index contributed by atoms with van der Waals surface area (Å²) in [5, 5.41) is 0. The van der Waals surface area contributed by atoms with E-state index < -0.39 is 0 Å². The van der Waals surface area contributed by atoms with Crippen LogP contribution < -0.4 is 5.73 Å². The number of benzene rings is 1. The van der Waals surface area contributed by atoms with Gasteiger partial charge < -0.3 is 10.7 Å². The molecule has 0 fully saturated rings. The first-order valence-electron chi connectivity index (χ1n) is 6.46. The van der Waals surface area contributed by atoms with Gasteiger partial charge in [0.25, 0.3) is 0 Å². The Labute approximate surface area is 117 Å². The molecule has 0 atom stereocenters. The minimum atomic E-state index is 0.591. The molecule has 3 aromatic rings. The molecular formula is C16H14N4. The van der Waals surface area contributed by atoms with E-state index in [0.717, 1.165) is 34.4 Å². The van der Waals surface area contributed by atoms with Crippen LogP contribution in [0.4, 0.5) is 0 Å². The molecule has 0 saturated heterocycles. The monoisotopic (exact) mass is 262 g/mol. The molecule has 0 saturated carbocycles. The van der Waals surface area contributed by atoms with Crippen LogP contribution in [0.25, 0.3) is 11.0 Å². The van der Waals surface area contributed by atoms with Crippen molar-refractivity contribution in [2.45, 2.75) is 6.42 Å². The Bertz CT molecular complexity index is 778. The zero-order valence-electron chi connectivity index (χ0n) is 10.9. The first-order chi connectivity index (χ1) is 9.85. The second-order valence-corrected chi connectivity index (χ2v) is 4.45. The molecule has 98 valence electrons. The minimum Gasteiger partial charge on any atom is -0.342 e. The number of nitrogens with one attached hydrogen (secondary N) is 1. The zero-order chi connectivity index (χ0) is 13.8. The van der Waals surface area contributed by atoms with Crippen molar-refractivity contribution >= 4 is 11.0 Å². The molecule has 0 amide bonds. The fraction of sp³-hybridized carbons (Fsp3) is 0.125. The zero-order valence-corrected chi connectivity index (χ0v) is 10.9. The number of nitrogens with two attached hydrogens (primary N) is 1. The lowest BCUT2D eigenvalue weighted by Gasteiger charge is -1.91. The van der Waals surface area contributed by atoms with Crippen LogP contribution in [-0.4, -0.2) is 21.5 Å². The van der Waals surface area contributed by atoms with Crippen LogP contribution in [0.2, 0.25) is 0 Å². The Hall–Kier alpha value is -2.64. The highest BCUT2D eigenvalue weighted by Gasteiger charge is 2.02. The highest BCUT2D eigenvalue weighted by Crippen LogP contribution is 2.13. The van der Waals surface area contributed by atoms with Gasteiger partial charge in [-0.05, 0) is 36.9 Å². The molecule has 4 nitrogen and oxygen atoms in total. The van der Waals surface area contributed by atoms with Gasteiger partial charge in [-0.1, -0.05) is 11.8 Å². The van der Waals surface area contributed by atoms with Gasteiger partial charge in [0.05, 0.1) is 11.0 Å². The molecule has 20 heavy (non-hydrogen) atoms. The molecular weight excluding hydrogens is 248 g/mol. The molecule has 2 heterocycles. The Morgan fingerprint density at radius 3 is 2.85 bits per heavy atom. The molecule has 0 spiro atoms. The number of aromatic amines is 1. The summed E-state index contributed by atoms with van der Waals surface area (Å²) in [6.45, 7) is 0.591. The molecule has 1 aromatic carbocycles. The van der Waals surface area contributed by atoms with E-state index in [1.54, 1.807) is 12.4 Å². The summed E-state index contributed by atoms with van der Waals surface area (Å²) in [5.41, 5.74) is 9.33. The number of fused-ring (bicyclic) bond motifs is 1. The molecule has 4 heteroatoms. The SMILES string of the molecule is NCCc1nc2ccc(C#Cc3cccnc3)cc2[nH]1. The van der Waals surface area contributed by atoms with E-state index in [4.69, 9.17) is 5.73 Å². The van der Waals surface area contributed by atoms with Crippen LogP contribution in [0.15, 0.2) is 42.7 Å². The summed E-state index contributed by atoms with van der Waals surface area (Å²) < 4.78 is 0. The number of hydrogen-bond donors (Lipinski definition) is 2. The number of hydrogen-bond acceptors (Lipinski definition) is 3. The first kappa shape index (κ1) is 12.4. The van der Waals surface area contributed by atoms with E-state index in [2.05, 4.69) is 26.8 Å². The normalized spacial score (nSPS) is 10.2. The average molecular weight is 262 g/mol. The molecule has 3 rings (SSSR count). The van der Waals surface area contributed by atoms with Gasteiger partial charge in [0.15, 0.2) is 0 Å². The van der Waals surface area contributed by atoms with Crippen molar-refractivity contribution in [1.82, 2.24) is 15.0 Å². The average Bonchev–Trinajstić information content (AvgIpc) is 2.88. The predicted molar refractivity (Wildman–Crippen MR) is 79.1 cm³/mol. The third kappa shape index (κ3) is 2.68. The van der Waals surface area contributed by atoms with Crippen molar-refractivity contribution in [2.24, 2.45) is 5.73 Å². The van der Waals surface area contributed by atoms with Crippen LogP contribution in [-0.2, 0) is 6.42 Å². The molecule has 0 aliphatic heterocycles. The van der Waals surface area contributed by atoms with E-state index >= 15 is 0 Å². The van der Waals surface area contributed by atoms with Crippen molar-refractivity contribution in [1.29, 1.82) is 0 Å². The summed E-state index contributed by atoms with van der Waals surface area (Å²) in [6, 6.07) is 9.76. The van der Waals surface area contributed by atoms with Crippen LogP contribution >= 0.6 is 0 Å². The number of H-pyrrole nitrogens is 1. The fourth-order valence-electron chi connectivity index (χ4n) is 1.98. The lowest BCUT2D eigenvalue weighted by atomic mass is 10.2. The summed E-state index contributed by atoms with van der Waals surface area (Å²) in [5.74, 6) is 7.14. The predicted octanol–water partition coefficient (Wildman–Crippen LogP) is 1.86. The minimum absolute atomic E-state index is 0.591. The van der Waals surface area contributed by atoms with E-state index in [9.17, 15) is 0 Å². The maximum absolute atomic E-state index is 5.54. The maximum Gasteiger partial charge on any atom is 0.108 e. The van der Waals surface area contributed by atoms with Crippen LogP contribution in [0.1, 0.15) is 17.0 Å². The Morgan fingerprint density at radius 1 is 1.15 bits per heavy atom. The van der Waals surface area contributed by atoms with E-state index in [-0.39, 0.29) is 0 Å². The van der Waals surface area contributed by atoms with Gasteiger partial charge in [-0.3, -0.25) is 4.98 Å². The first-order valence-corrected chi connectivity index (χ1v) is 6.46. The second-order valence-electron chi connectivity index (χ2n) is 4.45. The summed E-state index contributed by atoms with van der Waals surface area (Å²) in [6.07, 6.45) is 4.24. The van der Waals surface area contributed by atoms with Gasteiger partial charge in [0.1, 0.15) is 5.82 Å². The largest absolute Gasteiger partial charge is 0.342 e. The molecule has 0 radical (unpaired) electrons. The highest BCUT2D eigenvalue weighted by molar-refractivity contribution is 5.77. The van der Waals surface area contributed by atoms with E-state index in [0.29, 0.717) is 6.54 Å². The van der Waals surface area contributed by atoms with Gasteiger partial charge in [-0.2, -0.15) is 0 Å². The molecule has 0 unspecified atom stereocenters. The number of rotatable bonds is 2. The molecule has 0 bridgehead atoms. The lowest BCUT2D eigenvalue weighted by molar-refractivity contribution is 0.900. The number of nitrogens with zero attached hydrogens (tertiary/aromatic N) is 2. The van der Waals surface area contributed by atoms with Gasteiger partial charge in [0, 0.05) is 29.9 Å². The Kier molecular flexibility index (Phi) is 3.44. The second kappa shape index (κ2) is 5.55. The Balaban J connectivity index is 1.91. The molecule has 2 aromatic heterocycles. The Morgan fingerprint density at radius 2 is 2.05 bits per heavy atom. The summed E-state index contributed by atoms with van der Waals surface area (Å²) >= 11 is 0. The fourth-order valence-corrected chi connectivity index (χ4v) is 1.98. The summed E-state index contributed by atoms with van der Waals surface area (Å²) in [7, 11) is 0. The molecule has 0 aliphatic rings. The smallest absolute Gasteiger partial charge is 0.108 e. The van der Waals surface area contributed by atoms with E-state index in [1.807, 2.05) is 30.3 Å². The topological polar surface area (TPSA) is 67.6 Å². The van der Waals surface area contributed by atoms with Gasteiger partial charge >= 0.3 is 0 Å². The molecule has 0 aliphatic carbocycles. The third-order valence-corrected chi connectivity index (χ3v) is 2.92. The third-order valence-electron chi connectivity index (χ3n) is 2.92. The van der Waals surface area contributed by atoms with E-state index in [1.165, 1.54) is 0 Å². The number of aromatic nitrogens is 3. The number of imidazole rings is 1. The highest BCUT2D eigenvalue weighted by atomic mass is 14.9. The maximum atomic E-state index is 5.54. The van der Waals surface area contributed by atoms with Crippen LogP contribution in [0, 0.1) is 11.8 Å². The quantitative estimate of drug-likeness (QED) is 0.693. The van der Waals surface area contributed by atoms with Gasteiger partial charge in [-0.25, -0.2) is 4.98 Å². The van der Waals surface area contributed by atoms with Crippen molar-refractivity contribution in [3.63, 3.8) is 0 Å². The summed E-state index contributed by atoms with van der Waals surface area (Å²) in [4.78, 5) is 11.8. The van der Waals surface area contributed by atoms with Gasteiger partial charge in [-0.15, -0.1) is 0 Å². The van der Waals surface area contributed by atoms with Crippen molar-refractivity contribution < 1.29 is 0 Å².